The molecule has 2 fully saturated rings. The molecule has 12 heteroatoms. The van der Waals surface area contributed by atoms with Crippen LogP contribution in [0.4, 0.5) is 26.3 Å². The Morgan fingerprint density at radius 1 is 0.923 bits per heavy atom. The summed E-state index contributed by atoms with van der Waals surface area (Å²) >= 11 is 0. The van der Waals surface area contributed by atoms with Gasteiger partial charge in [0.05, 0.1) is 11.1 Å². The Balaban J connectivity index is 0.00000267. The highest BCUT2D eigenvalue weighted by atomic mass is 35.5. The van der Waals surface area contributed by atoms with Gasteiger partial charge < -0.3 is 15.3 Å². The zero-order valence-corrected chi connectivity index (χ0v) is 22.4. The van der Waals surface area contributed by atoms with Crippen LogP contribution in [0, 0.1) is 5.92 Å². The molecule has 1 aliphatic carbocycles. The average molecular weight is 582 g/mol. The number of rotatable bonds is 8. The second kappa shape index (κ2) is 13.3. The van der Waals surface area contributed by atoms with Crippen LogP contribution in [0.25, 0.3) is 0 Å². The normalized spacial score (nSPS) is 17.6. The zero-order chi connectivity index (χ0) is 26.8. The first-order chi connectivity index (χ1) is 17.4. The fraction of sp³-hybridized carbons (Fsp3) is 0.519. The van der Waals surface area contributed by atoms with E-state index in [1.165, 1.54) is 17.7 Å². The monoisotopic (exact) mass is 581 g/mol. The van der Waals surface area contributed by atoms with Crippen molar-refractivity contribution in [3.8, 4) is 0 Å². The third-order valence-electron chi connectivity index (χ3n) is 7.09. The molecule has 2 aromatic rings. The fourth-order valence-electron chi connectivity index (χ4n) is 4.79. The number of halogens is 7. The van der Waals surface area contributed by atoms with Crippen LogP contribution < -0.4 is 0 Å². The van der Waals surface area contributed by atoms with E-state index < -0.39 is 29.5 Å². The molecule has 39 heavy (non-hydrogen) atoms. The number of hydrogen-bond acceptors (Lipinski definition) is 3. The van der Waals surface area contributed by atoms with Crippen molar-refractivity contribution < 1.29 is 36.6 Å². The van der Waals surface area contributed by atoms with Crippen molar-refractivity contribution in [2.24, 2.45) is 5.92 Å². The van der Waals surface area contributed by atoms with Crippen LogP contribution >= 0.6 is 12.4 Å². The first-order valence-corrected chi connectivity index (χ1v) is 12.5. The number of hydrogen-bond donors (Lipinski definition) is 0. The van der Waals surface area contributed by atoms with Crippen molar-refractivity contribution in [1.82, 2.24) is 14.7 Å². The number of piperazine rings is 1. The van der Waals surface area contributed by atoms with Gasteiger partial charge in [-0.1, -0.05) is 30.3 Å². The molecule has 1 amide bonds. The maximum Gasteiger partial charge on any atom is 0.416 e. The highest BCUT2D eigenvalue weighted by Gasteiger charge is 2.37. The molecular weight excluding hydrogens is 548 g/mol. The van der Waals surface area contributed by atoms with Gasteiger partial charge in [-0.2, -0.15) is 26.3 Å². The number of amides is 1. The molecule has 5 nitrogen and oxygen atoms in total. The van der Waals surface area contributed by atoms with Crippen LogP contribution in [0.15, 0.2) is 48.5 Å². The molecule has 1 saturated heterocycles. The number of nitrogens with zero attached hydrogens (tertiary/aromatic N) is 3. The topological polar surface area (TPSA) is 58.3 Å². The van der Waals surface area contributed by atoms with Gasteiger partial charge in [0.1, 0.15) is 6.04 Å². The lowest BCUT2D eigenvalue weighted by Crippen LogP contribution is -2.51. The van der Waals surface area contributed by atoms with Gasteiger partial charge in [0, 0.05) is 46.3 Å². The van der Waals surface area contributed by atoms with E-state index in [4.69, 9.17) is 0 Å². The van der Waals surface area contributed by atoms with Crippen molar-refractivity contribution in [2.45, 2.75) is 37.7 Å². The van der Waals surface area contributed by atoms with Gasteiger partial charge in [-0.05, 0) is 54.5 Å². The van der Waals surface area contributed by atoms with E-state index in [9.17, 15) is 31.1 Å². The summed E-state index contributed by atoms with van der Waals surface area (Å²) in [5.41, 5.74) is -2.00. The van der Waals surface area contributed by atoms with Crippen LogP contribution in [0.5, 0.6) is 0 Å². The second-order valence-electron chi connectivity index (χ2n) is 10.0. The van der Waals surface area contributed by atoms with Gasteiger partial charge in [0.2, 0.25) is 5.91 Å². The average Bonchev–Trinajstić information content (AvgIpc) is 3.67. The molecule has 1 atom stereocenters. The predicted molar refractivity (Wildman–Crippen MR) is 139 cm³/mol. The van der Waals surface area contributed by atoms with Crippen LogP contribution in [-0.4, -0.2) is 72.4 Å². The summed E-state index contributed by atoms with van der Waals surface area (Å²) in [6.07, 6.45) is -7.40. The Labute approximate surface area is 230 Å². The molecule has 0 radical (unpaired) electrons. The molecule has 2 N–H and O–H groups in total. The first-order valence-electron chi connectivity index (χ1n) is 12.5. The van der Waals surface area contributed by atoms with Gasteiger partial charge >= 0.3 is 12.4 Å². The number of carbonyl (C=O) groups is 1. The minimum Gasteiger partial charge on any atom is -0.412 e. The quantitative estimate of drug-likeness (QED) is 0.408. The van der Waals surface area contributed by atoms with Gasteiger partial charge in [-0.25, -0.2) is 0 Å². The number of alkyl halides is 6. The number of carbonyl (C=O) groups excluding carboxylic acids is 1. The van der Waals surface area contributed by atoms with Gasteiger partial charge in [0.25, 0.3) is 0 Å². The minimum absolute atomic E-state index is 0. The third-order valence-corrected chi connectivity index (χ3v) is 7.09. The molecule has 1 heterocycles. The molecule has 1 aliphatic heterocycles. The molecule has 0 spiro atoms. The van der Waals surface area contributed by atoms with Gasteiger partial charge in [0.15, 0.2) is 0 Å². The fourth-order valence-corrected chi connectivity index (χ4v) is 4.79. The lowest BCUT2D eigenvalue weighted by atomic mass is 10.0. The van der Waals surface area contributed by atoms with E-state index >= 15 is 0 Å². The van der Waals surface area contributed by atoms with E-state index in [-0.39, 0.29) is 48.4 Å². The molecule has 0 unspecified atom stereocenters. The maximum atomic E-state index is 13.6. The Morgan fingerprint density at radius 2 is 1.46 bits per heavy atom. The predicted octanol–water partition coefficient (Wildman–Crippen LogP) is 5.09. The Bertz CT molecular complexity index is 1040. The summed E-state index contributed by atoms with van der Waals surface area (Å²) in [7, 11) is 1.54. The summed E-state index contributed by atoms with van der Waals surface area (Å²) in [4.78, 5) is 19.5. The second-order valence-corrected chi connectivity index (χ2v) is 10.0. The molecule has 4 rings (SSSR count). The van der Waals surface area contributed by atoms with E-state index in [0.29, 0.717) is 13.1 Å². The summed E-state index contributed by atoms with van der Waals surface area (Å²) in [6.45, 7) is 4.17. The molecule has 0 aromatic heterocycles. The van der Waals surface area contributed by atoms with E-state index in [0.717, 1.165) is 43.2 Å². The lowest BCUT2D eigenvalue weighted by Gasteiger charge is -2.40. The molecule has 2 aromatic carbocycles. The lowest BCUT2D eigenvalue weighted by molar-refractivity contribution is -0.143. The maximum absolute atomic E-state index is 13.6. The standard InChI is InChI=1S/C27H31F6N3O.ClH.H2O/c1-34(10-9-20-15-22(26(28,29)30)17-23(16-20)27(31,32)33)25(37)24(21-5-3-2-4-6-21)36-13-11-35(12-14-36)18-19-7-8-19;;/h2-6,15-17,19,24H,7-14,18H2,1H3;1H;1H2/t24-;;/m0../s1. The van der Waals surface area contributed by atoms with Gasteiger partial charge in [-0.3, -0.25) is 9.69 Å². The van der Waals surface area contributed by atoms with Crippen LogP contribution in [-0.2, 0) is 23.6 Å². The van der Waals surface area contributed by atoms with E-state index in [1.807, 2.05) is 30.3 Å². The molecule has 218 valence electrons. The van der Waals surface area contributed by atoms with Crippen LogP contribution in [0.2, 0.25) is 0 Å². The first kappa shape index (κ1) is 32.9. The third kappa shape index (κ3) is 8.83. The van der Waals surface area contributed by atoms with E-state index in [2.05, 4.69) is 9.80 Å². The highest BCUT2D eigenvalue weighted by Crippen LogP contribution is 2.36. The largest absolute Gasteiger partial charge is 0.416 e. The Hall–Kier alpha value is -2.34. The Kier molecular flexibility index (Phi) is 11.2. The molecule has 2 aliphatic rings. The number of likely N-dealkylation sites (N-methyl/N-ethyl adjacent to an activating group) is 1. The smallest absolute Gasteiger partial charge is 0.412 e. The molecule has 0 bridgehead atoms. The summed E-state index contributed by atoms with van der Waals surface area (Å²) in [5, 5.41) is 0. The summed E-state index contributed by atoms with van der Waals surface area (Å²) < 4.78 is 79.3. The highest BCUT2D eigenvalue weighted by molar-refractivity contribution is 5.85. The Morgan fingerprint density at radius 3 is 1.95 bits per heavy atom. The summed E-state index contributed by atoms with van der Waals surface area (Å²) in [5.74, 6) is 0.544. The van der Waals surface area contributed by atoms with Crippen molar-refractivity contribution in [3.05, 3.63) is 70.8 Å². The molecular formula is C27H34ClF6N3O2. The van der Waals surface area contributed by atoms with E-state index in [1.54, 1.807) is 7.05 Å². The van der Waals surface area contributed by atoms with Crippen molar-refractivity contribution in [1.29, 1.82) is 0 Å². The summed E-state index contributed by atoms with van der Waals surface area (Å²) in [6, 6.07) is 10.3. The van der Waals surface area contributed by atoms with Crippen LogP contribution in [0.3, 0.4) is 0 Å². The van der Waals surface area contributed by atoms with Crippen molar-refractivity contribution >= 4 is 18.3 Å². The molecule has 1 saturated carbocycles. The zero-order valence-electron chi connectivity index (χ0n) is 21.6. The number of benzene rings is 2. The van der Waals surface area contributed by atoms with Crippen molar-refractivity contribution in [2.75, 3.05) is 46.3 Å². The van der Waals surface area contributed by atoms with Crippen LogP contribution in [0.1, 0.15) is 41.1 Å². The minimum atomic E-state index is -4.90. The SMILES string of the molecule is CN(CCc1cc(C(F)(F)F)cc(C(F)(F)F)c1)C(=O)[C@H](c1ccccc1)N1CCN(CC2CC2)CC1.Cl.O. The van der Waals surface area contributed by atoms with Gasteiger partial charge in [-0.15, -0.1) is 12.4 Å². The van der Waals surface area contributed by atoms with Crippen molar-refractivity contribution in [3.63, 3.8) is 0 Å².